The standard InChI is InChI=1S/C13H17BrN2O2/c1-4-11(14)13(18)16-12-7-10(15-9(3)17)6-5-8(12)2/h5-7,11H,4H2,1-3H3,(H,15,17)(H,16,18). The third kappa shape index (κ3) is 4.14. The molecule has 4 nitrogen and oxygen atoms in total. The number of hydrogen-bond donors (Lipinski definition) is 2. The SMILES string of the molecule is CCC(Br)C(=O)Nc1cc(NC(C)=O)ccc1C. The van der Waals surface area contributed by atoms with Crippen LogP contribution in [-0.4, -0.2) is 16.6 Å². The summed E-state index contributed by atoms with van der Waals surface area (Å²) in [6.07, 6.45) is 0.719. The minimum absolute atomic E-state index is 0.0828. The Kier molecular flexibility index (Phi) is 5.34. The summed E-state index contributed by atoms with van der Waals surface area (Å²) in [4.78, 5) is 22.6. The Morgan fingerprint density at radius 2 is 2.00 bits per heavy atom. The van der Waals surface area contributed by atoms with E-state index < -0.39 is 0 Å². The van der Waals surface area contributed by atoms with Crippen molar-refractivity contribution in [2.75, 3.05) is 10.6 Å². The molecule has 1 aromatic rings. The van der Waals surface area contributed by atoms with E-state index in [4.69, 9.17) is 0 Å². The molecule has 0 radical (unpaired) electrons. The van der Waals surface area contributed by atoms with E-state index in [1.165, 1.54) is 6.92 Å². The summed E-state index contributed by atoms with van der Waals surface area (Å²) in [5.74, 6) is -0.219. The molecule has 0 aromatic heterocycles. The fourth-order valence-corrected chi connectivity index (χ4v) is 1.55. The minimum atomic E-state index is -0.207. The molecule has 1 rings (SSSR count). The van der Waals surface area contributed by atoms with E-state index in [9.17, 15) is 9.59 Å². The van der Waals surface area contributed by atoms with E-state index in [2.05, 4.69) is 26.6 Å². The van der Waals surface area contributed by atoms with E-state index in [-0.39, 0.29) is 16.6 Å². The molecule has 0 bridgehead atoms. The van der Waals surface area contributed by atoms with Gasteiger partial charge in [-0.3, -0.25) is 9.59 Å². The predicted molar refractivity (Wildman–Crippen MR) is 77.1 cm³/mol. The van der Waals surface area contributed by atoms with E-state index >= 15 is 0 Å². The summed E-state index contributed by atoms with van der Waals surface area (Å²) in [6.45, 7) is 5.28. The van der Waals surface area contributed by atoms with Crippen molar-refractivity contribution < 1.29 is 9.59 Å². The second-order valence-electron chi connectivity index (χ2n) is 4.08. The maximum absolute atomic E-state index is 11.8. The lowest BCUT2D eigenvalue weighted by Crippen LogP contribution is -2.22. The van der Waals surface area contributed by atoms with Gasteiger partial charge in [-0.25, -0.2) is 0 Å². The lowest BCUT2D eigenvalue weighted by Gasteiger charge is -2.13. The summed E-state index contributed by atoms with van der Waals surface area (Å²) in [5.41, 5.74) is 2.34. The second kappa shape index (κ2) is 6.54. The number of hydrogen-bond acceptors (Lipinski definition) is 2. The first-order valence-corrected chi connectivity index (χ1v) is 6.68. The average Bonchev–Trinajstić information content (AvgIpc) is 2.31. The van der Waals surface area contributed by atoms with Crippen molar-refractivity contribution in [1.82, 2.24) is 0 Å². The van der Waals surface area contributed by atoms with Crippen LogP contribution in [0, 0.1) is 6.92 Å². The van der Waals surface area contributed by atoms with Crippen molar-refractivity contribution >= 4 is 39.1 Å². The molecule has 98 valence electrons. The molecule has 1 unspecified atom stereocenters. The zero-order valence-electron chi connectivity index (χ0n) is 10.7. The van der Waals surface area contributed by atoms with Crippen LogP contribution >= 0.6 is 15.9 Å². The Hall–Kier alpha value is -1.36. The number of benzene rings is 1. The van der Waals surface area contributed by atoms with E-state index in [1.54, 1.807) is 12.1 Å². The summed E-state index contributed by atoms with van der Waals surface area (Å²) in [5, 5.41) is 5.52. The van der Waals surface area contributed by atoms with Crippen molar-refractivity contribution in [2.24, 2.45) is 0 Å². The van der Waals surface area contributed by atoms with Crippen LogP contribution < -0.4 is 10.6 Å². The van der Waals surface area contributed by atoms with Gasteiger partial charge in [-0.2, -0.15) is 0 Å². The zero-order valence-corrected chi connectivity index (χ0v) is 12.3. The Morgan fingerprint density at radius 1 is 1.33 bits per heavy atom. The lowest BCUT2D eigenvalue weighted by molar-refractivity contribution is -0.116. The quantitative estimate of drug-likeness (QED) is 0.839. The van der Waals surface area contributed by atoms with Crippen molar-refractivity contribution in [3.05, 3.63) is 23.8 Å². The highest BCUT2D eigenvalue weighted by Crippen LogP contribution is 2.21. The summed E-state index contributed by atoms with van der Waals surface area (Å²) < 4.78 is 0. The third-order valence-corrected chi connectivity index (χ3v) is 3.52. The summed E-state index contributed by atoms with van der Waals surface area (Å²) >= 11 is 3.30. The topological polar surface area (TPSA) is 58.2 Å². The van der Waals surface area contributed by atoms with Gasteiger partial charge < -0.3 is 10.6 Å². The third-order valence-electron chi connectivity index (χ3n) is 2.46. The van der Waals surface area contributed by atoms with Crippen LogP contribution in [0.15, 0.2) is 18.2 Å². The molecule has 0 saturated heterocycles. The maximum atomic E-state index is 11.8. The zero-order chi connectivity index (χ0) is 13.7. The molecular formula is C13H17BrN2O2. The van der Waals surface area contributed by atoms with Gasteiger partial charge in [0.15, 0.2) is 0 Å². The lowest BCUT2D eigenvalue weighted by atomic mass is 10.1. The fourth-order valence-electron chi connectivity index (χ4n) is 1.43. The van der Waals surface area contributed by atoms with Crippen molar-refractivity contribution in [3.8, 4) is 0 Å². The van der Waals surface area contributed by atoms with Crippen LogP contribution in [0.5, 0.6) is 0 Å². The molecule has 2 amide bonds. The first kappa shape index (κ1) is 14.7. The van der Waals surface area contributed by atoms with Crippen LogP contribution in [0.1, 0.15) is 25.8 Å². The molecule has 1 aromatic carbocycles. The van der Waals surface area contributed by atoms with Crippen LogP contribution in [0.25, 0.3) is 0 Å². The van der Waals surface area contributed by atoms with Crippen molar-refractivity contribution in [1.29, 1.82) is 0 Å². The number of carbonyl (C=O) groups is 2. The largest absolute Gasteiger partial charge is 0.326 e. The van der Waals surface area contributed by atoms with E-state index in [1.807, 2.05) is 19.9 Å². The molecule has 0 spiro atoms. The molecule has 0 saturated carbocycles. The number of carbonyl (C=O) groups excluding carboxylic acids is 2. The van der Waals surface area contributed by atoms with Crippen LogP contribution in [0.3, 0.4) is 0 Å². The smallest absolute Gasteiger partial charge is 0.238 e. The van der Waals surface area contributed by atoms with Crippen molar-refractivity contribution in [3.63, 3.8) is 0 Å². The molecule has 0 aliphatic carbocycles. The predicted octanol–water partition coefficient (Wildman–Crippen LogP) is 3.07. The monoisotopic (exact) mass is 312 g/mol. The van der Waals surface area contributed by atoms with Crippen LogP contribution in [-0.2, 0) is 9.59 Å². The first-order valence-electron chi connectivity index (χ1n) is 5.77. The Balaban J connectivity index is 2.87. The van der Waals surface area contributed by atoms with Gasteiger partial charge >= 0.3 is 0 Å². The van der Waals surface area contributed by atoms with E-state index in [0.29, 0.717) is 11.4 Å². The molecule has 5 heteroatoms. The minimum Gasteiger partial charge on any atom is -0.326 e. The molecule has 0 heterocycles. The number of alkyl halides is 1. The average molecular weight is 313 g/mol. The number of rotatable bonds is 4. The molecule has 0 aliphatic heterocycles. The van der Waals surface area contributed by atoms with Gasteiger partial charge in [-0.05, 0) is 31.0 Å². The Bertz CT molecular complexity index is 460. The van der Waals surface area contributed by atoms with Crippen LogP contribution in [0.2, 0.25) is 0 Å². The number of halogens is 1. The number of aryl methyl sites for hydroxylation is 1. The molecule has 2 N–H and O–H groups in total. The van der Waals surface area contributed by atoms with Gasteiger partial charge in [0.25, 0.3) is 0 Å². The fraction of sp³-hybridized carbons (Fsp3) is 0.385. The molecule has 18 heavy (non-hydrogen) atoms. The number of anilines is 2. The summed E-state index contributed by atoms with van der Waals surface area (Å²) in [6, 6.07) is 5.41. The van der Waals surface area contributed by atoms with Crippen molar-refractivity contribution in [2.45, 2.75) is 32.0 Å². The number of amides is 2. The molecule has 0 aliphatic rings. The van der Waals surface area contributed by atoms with Gasteiger partial charge in [-0.15, -0.1) is 0 Å². The second-order valence-corrected chi connectivity index (χ2v) is 5.18. The highest BCUT2D eigenvalue weighted by molar-refractivity contribution is 9.10. The number of nitrogens with one attached hydrogen (secondary N) is 2. The highest BCUT2D eigenvalue weighted by atomic mass is 79.9. The molecular weight excluding hydrogens is 296 g/mol. The van der Waals surface area contributed by atoms with Gasteiger partial charge in [0.05, 0.1) is 4.83 Å². The molecule has 0 fully saturated rings. The highest BCUT2D eigenvalue weighted by Gasteiger charge is 2.13. The molecule has 1 atom stereocenters. The Labute approximate surface area is 115 Å². The van der Waals surface area contributed by atoms with Gasteiger partial charge in [0, 0.05) is 18.3 Å². The van der Waals surface area contributed by atoms with Gasteiger partial charge in [-0.1, -0.05) is 28.9 Å². The Morgan fingerprint density at radius 3 is 2.56 bits per heavy atom. The first-order chi connectivity index (χ1) is 8.43. The normalized spacial score (nSPS) is 11.8. The van der Waals surface area contributed by atoms with Gasteiger partial charge in [0.1, 0.15) is 0 Å². The maximum Gasteiger partial charge on any atom is 0.238 e. The van der Waals surface area contributed by atoms with E-state index in [0.717, 1.165) is 12.0 Å². The van der Waals surface area contributed by atoms with Gasteiger partial charge in [0.2, 0.25) is 11.8 Å². The van der Waals surface area contributed by atoms with Crippen LogP contribution in [0.4, 0.5) is 11.4 Å². The summed E-state index contributed by atoms with van der Waals surface area (Å²) in [7, 11) is 0.